The van der Waals surface area contributed by atoms with Crippen LogP contribution < -0.4 is 5.32 Å². The van der Waals surface area contributed by atoms with Gasteiger partial charge in [0.15, 0.2) is 0 Å². The molecule has 1 aromatic heterocycles. The Balaban J connectivity index is 2.24. The number of hydrogen-bond acceptors (Lipinski definition) is 3. The van der Waals surface area contributed by atoms with E-state index in [-0.39, 0.29) is 0 Å². The van der Waals surface area contributed by atoms with Gasteiger partial charge in [-0.3, -0.25) is 0 Å². The molecule has 1 atom stereocenters. The summed E-state index contributed by atoms with van der Waals surface area (Å²) >= 11 is 1.68. The molecule has 0 bridgehead atoms. The lowest BCUT2D eigenvalue weighted by atomic mass is 10.1. The van der Waals surface area contributed by atoms with Gasteiger partial charge in [-0.25, -0.2) is 4.98 Å². The molecule has 2 rings (SSSR count). The van der Waals surface area contributed by atoms with E-state index in [4.69, 9.17) is 0 Å². The summed E-state index contributed by atoms with van der Waals surface area (Å²) in [5.41, 5.74) is 5.48. The van der Waals surface area contributed by atoms with Gasteiger partial charge in [-0.15, -0.1) is 11.3 Å². The Morgan fingerprint density at radius 1 is 1.35 bits per heavy atom. The first-order chi connectivity index (χ1) is 8.22. The minimum Gasteiger partial charge on any atom is -0.385 e. The van der Waals surface area contributed by atoms with Crippen molar-refractivity contribution in [1.82, 2.24) is 10.3 Å². The van der Waals surface area contributed by atoms with Gasteiger partial charge in [0, 0.05) is 6.04 Å². The number of benzene rings is 1. The molecule has 1 heterocycles. The summed E-state index contributed by atoms with van der Waals surface area (Å²) < 4.78 is 0. The molecule has 0 fully saturated rings. The van der Waals surface area contributed by atoms with Crippen LogP contribution in [0.1, 0.15) is 24.2 Å². The summed E-state index contributed by atoms with van der Waals surface area (Å²) in [4.78, 5) is 5.52. The molecule has 1 aromatic carbocycles. The maximum absolute atomic E-state index is 4.27. The van der Waals surface area contributed by atoms with Crippen LogP contribution in [0.3, 0.4) is 0 Å². The SMILES string of the molecule is C=CNC(C)c1ccc(-c2scnc2C)cc1. The van der Waals surface area contributed by atoms with Gasteiger partial charge in [-0.1, -0.05) is 30.8 Å². The summed E-state index contributed by atoms with van der Waals surface area (Å²) in [6.45, 7) is 7.84. The first kappa shape index (κ1) is 11.9. The van der Waals surface area contributed by atoms with Crippen molar-refractivity contribution in [3.63, 3.8) is 0 Å². The summed E-state index contributed by atoms with van der Waals surface area (Å²) in [7, 11) is 0. The van der Waals surface area contributed by atoms with Crippen LogP contribution in [0, 0.1) is 6.92 Å². The normalized spacial score (nSPS) is 12.1. The Morgan fingerprint density at radius 2 is 2.06 bits per heavy atom. The zero-order valence-electron chi connectivity index (χ0n) is 10.1. The molecule has 17 heavy (non-hydrogen) atoms. The zero-order valence-corrected chi connectivity index (χ0v) is 10.9. The van der Waals surface area contributed by atoms with Crippen molar-refractivity contribution >= 4 is 11.3 Å². The monoisotopic (exact) mass is 244 g/mol. The number of hydrogen-bond donors (Lipinski definition) is 1. The van der Waals surface area contributed by atoms with Crippen molar-refractivity contribution in [2.24, 2.45) is 0 Å². The molecular formula is C14H16N2S. The predicted octanol–water partition coefficient (Wildman–Crippen LogP) is 3.91. The summed E-state index contributed by atoms with van der Waals surface area (Å²) in [5.74, 6) is 0. The highest BCUT2D eigenvalue weighted by molar-refractivity contribution is 7.13. The van der Waals surface area contributed by atoms with E-state index in [1.165, 1.54) is 16.0 Å². The van der Waals surface area contributed by atoms with E-state index in [1.54, 1.807) is 17.5 Å². The maximum Gasteiger partial charge on any atom is 0.0801 e. The van der Waals surface area contributed by atoms with Crippen LogP contribution in [0.15, 0.2) is 42.6 Å². The third kappa shape index (κ3) is 2.56. The maximum atomic E-state index is 4.27. The van der Waals surface area contributed by atoms with Gasteiger partial charge < -0.3 is 5.32 Å². The lowest BCUT2D eigenvalue weighted by Crippen LogP contribution is -2.10. The van der Waals surface area contributed by atoms with Gasteiger partial charge in [0.1, 0.15) is 0 Å². The average molecular weight is 244 g/mol. The minimum absolute atomic E-state index is 0.295. The first-order valence-corrected chi connectivity index (χ1v) is 6.47. The third-order valence-electron chi connectivity index (χ3n) is 2.79. The fraction of sp³-hybridized carbons (Fsp3) is 0.214. The van der Waals surface area contributed by atoms with Crippen LogP contribution in [-0.2, 0) is 0 Å². The minimum atomic E-state index is 0.295. The van der Waals surface area contributed by atoms with Crippen molar-refractivity contribution in [2.45, 2.75) is 19.9 Å². The van der Waals surface area contributed by atoms with E-state index in [0.29, 0.717) is 6.04 Å². The lowest BCUT2D eigenvalue weighted by Gasteiger charge is -2.12. The topological polar surface area (TPSA) is 24.9 Å². The lowest BCUT2D eigenvalue weighted by molar-refractivity contribution is 0.688. The number of nitrogens with zero attached hydrogens (tertiary/aromatic N) is 1. The highest BCUT2D eigenvalue weighted by Crippen LogP contribution is 2.28. The Labute approximate surface area is 106 Å². The molecule has 2 nitrogen and oxygen atoms in total. The van der Waals surface area contributed by atoms with Crippen molar-refractivity contribution in [1.29, 1.82) is 0 Å². The molecule has 1 N–H and O–H groups in total. The third-order valence-corrected chi connectivity index (χ3v) is 3.76. The molecule has 2 aromatic rings. The summed E-state index contributed by atoms with van der Waals surface area (Å²) in [6.07, 6.45) is 1.73. The van der Waals surface area contributed by atoms with E-state index in [1.807, 2.05) is 12.4 Å². The molecule has 0 aliphatic rings. The predicted molar refractivity (Wildman–Crippen MR) is 74.0 cm³/mol. The molecular weight excluding hydrogens is 228 g/mol. The first-order valence-electron chi connectivity index (χ1n) is 5.59. The number of thiazole rings is 1. The average Bonchev–Trinajstić information content (AvgIpc) is 2.76. The Hall–Kier alpha value is -1.61. The van der Waals surface area contributed by atoms with Gasteiger partial charge in [0.2, 0.25) is 0 Å². The van der Waals surface area contributed by atoms with Crippen molar-refractivity contribution in [2.75, 3.05) is 0 Å². The van der Waals surface area contributed by atoms with Crippen LogP contribution in [0.5, 0.6) is 0 Å². The second kappa shape index (κ2) is 5.15. The highest BCUT2D eigenvalue weighted by atomic mass is 32.1. The van der Waals surface area contributed by atoms with Crippen molar-refractivity contribution in [3.05, 3.63) is 53.8 Å². The molecule has 0 amide bonds. The zero-order chi connectivity index (χ0) is 12.3. The number of rotatable bonds is 4. The molecule has 88 valence electrons. The van der Waals surface area contributed by atoms with Gasteiger partial charge in [-0.2, -0.15) is 0 Å². The van der Waals surface area contributed by atoms with Crippen LogP contribution >= 0.6 is 11.3 Å². The molecule has 0 spiro atoms. The smallest absolute Gasteiger partial charge is 0.0801 e. The van der Waals surface area contributed by atoms with Crippen LogP contribution in [-0.4, -0.2) is 4.98 Å². The van der Waals surface area contributed by atoms with Crippen LogP contribution in [0.2, 0.25) is 0 Å². The Bertz CT molecular complexity index is 499. The largest absolute Gasteiger partial charge is 0.385 e. The fourth-order valence-corrected chi connectivity index (χ4v) is 2.59. The molecule has 0 saturated carbocycles. The van der Waals surface area contributed by atoms with Gasteiger partial charge in [0.05, 0.1) is 16.1 Å². The van der Waals surface area contributed by atoms with Gasteiger partial charge in [0.25, 0.3) is 0 Å². The van der Waals surface area contributed by atoms with E-state index >= 15 is 0 Å². The van der Waals surface area contributed by atoms with Crippen LogP contribution in [0.25, 0.3) is 10.4 Å². The van der Waals surface area contributed by atoms with E-state index in [2.05, 4.69) is 48.1 Å². The molecule has 0 saturated heterocycles. The second-order valence-electron chi connectivity index (χ2n) is 3.98. The van der Waals surface area contributed by atoms with E-state index < -0.39 is 0 Å². The van der Waals surface area contributed by atoms with E-state index in [9.17, 15) is 0 Å². The van der Waals surface area contributed by atoms with Crippen molar-refractivity contribution < 1.29 is 0 Å². The highest BCUT2D eigenvalue weighted by Gasteiger charge is 2.06. The standard InChI is InChI=1S/C14H16N2S/c1-4-15-10(2)12-5-7-13(8-6-12)14-11(3)16-9-17-14/h4-10,15H,1H2,2-3H3. The molecule has 3 heteroatoms. The number of nitrogens with one attached hydrogen (secondary N) is 1. The Kier molecular flexibility index (Phi) is 3.59. The second-order valence-corrected chi connectivity index (χ2v) is 4.84. The quantitative estimate of drug-likeness (QED) is 0.882. The van der Waals surface area contributed by atoms with Crippen molar-refractivity contribution in [3.8, 4) is 10.4 Å². The number of aryl methyl sites for hydroxylation is 1. The van der Waals surface area contributed by atoms with Crippen LogP contribution in [0.4, 0.5) is 0 Å². The van der Waals surface area contributed by atoms with E-state index in [0.717, 1.165) is 5.69 Å². The summed E-state index contributed by atoms with van der Waals surface area (Å²) in [5, 5.41) is 3.18. The summed E-state index contributed by atoms with van der Waals surface area (Å²) in [6, 6.07) is 8.89. The molecule has 0 aliphatic carbocycles. The molecule has 0 aliphatic heterocycles. The molecule has 0 radical (unpaired) electrons. The van der Waals surface area contributed by atoms with Gasteiger partial charge >= 0.3 is 0 Å². The Morgan fingerprint density at radius 3 is 2.59 bits per heavy atom. The molecule has 1 unspecified atom stereocenters. The van der Waals surface area contributed by atoms with Gasteiger partial charge in [-0.05, 0) is 31.2 Å². The fourth-order valence-electron chi connectivity index (χ4n) is 1.78. The number of aromatic nitrogens is 1.